The highest BCUT2D eigenvalue weighted by molar-refractivity contribution is 9.10. The lowest BCUT2D eigenvalue weighted by Crippen LogP contribution is -2.39. The van der Waals surface area contributed by atoms with Crippen molar-refractivity contribution in [2.45, 2.75) is 51.1 Å². The van der Waals surface area contributed by atoms with E-state index in [4.69, 9.17) is 0 Å². The first-order valence-corrected chi connectivity index (χ1v) is 8.21. The minimum absolute atomic E-state index is 0.151. The molecule has 20 heavy (non-hydrogen) atoms. The molecule has 2 aliphatic heterocycles. The van der Waals surface area contributed by atoms with Crippen LogP contribution in [0.4, 0.5) is 5.69 Å². The van der Waals surface area contributed by atoms with E-state index < -0.39 is 0 Å². The highest BCUT2D eigenvalue weighted by atomic mass is 79.9. The fraction of sp³-hybridized carbons (Fsp3) is 0.562. The molecule has 3 nitrogen and oxygen atoms in total. The summed E-state index contributed by atoms with van der Waals surface area (Å²) < 4.78 is 1.07. The van der Waals surface area contributed by atoms with Gasteiger partial charge in [0.15, 0.2) is 0 Å². The van der Waals surface area contributed by atoms with Crippen LogP contribution in [-0.2, 0) is 4.79 Å². The van der Waals surface area contributed by atoms with Crippen LogP contribution in [0.2, 0.25) is 0 Å². The van der Waals surface area contributed by atoms with Gasteiger partial charge in [-0.2, -0.15) is 0 Å². The van der Waals surface area contributed by atoms with Gasteiger partial charge in [-0.05, 0) is 62.3 Å². The molecule has 1 aromatic carbocycles. The Balaban J connectivity index is 1.55. The smallest absolute Gasteiger partial charge is 0.224 e. The molecule has 4 heteroatoms. The fourth-order valence-electron chi connectivity index (χ4n) is 3.54. The maximum absolute atomic E-state index is 12.2. The molecule has 108 valence electrons. The number of hydrogen-bond acceptors (Lipinski definition) is 2. The molecule has 0 saturated carbocycles. The number of benzene rings is 1. The highest BCUT2D eigenvalue weighted by Gasteiger charge is 2.34. The van der Waals surface area contributed by atoms with Crippen LogP contribution in [-0.4, -0.2) is 18.0 Å². The largest absolute Gasteiger partial charge is 0.326 e. The van der Waals surface area contributed by atoms with Crippen molar-refractivity contribution in [3.8, 4) is 0 Å². The van der Waals surface area contributed by atoms with Crippen molar-refractivity contribution in [2.24, 2.45) is 5.92 Å². The van der Waals surface area contributed by atoms with Gasteiger partial charge in [0.1, 0.15) is 0 Å². The Morgan fingerprint density at radius 2 is 2.05 bits per heavy atom. The van der Waals surface area contributed by atoms with Crippen LogP contribution in [0.25, 0.3) is 0 Å². The number of hydrogen-bond donors (Lipinski definition) is 2. The molecule has 2 bridgehead atoms. The zero-order valence-corrected chi connectivity index (χ0v) is 13.4. The summed E-state index contributed by atoms with van der Waals surface area (Å²) in [5.74, 6) is 0.698. The van der Waals surface area contributed by atoms with Crippen molar-refractivity contribution < 1.29 is 4.79 Å². The van der Waals surface area contributed by atoms with E-state index in [1.807, 2.05) is 25.1 Å². The second-order valence-corrected chi connectivity index (χ2v) is 7.05. The van der Waals surface area contributed by atoms with Crippen LogP contribution in [0.5, 0.6) is 0 Å². The third kappa shape index (κ3) is 3.23. The maximum Gasteiger partial charge on any atom is 0.224 e. The van der Waals surface area contributed by atoms with E-state index in [9.17, 15) is 4.79 Å². The number of fused-ring (bicyclic) bond motifs is 2. The van der Waals surface area contributed by atoms with Gasteiger partial charge in [0, 0.05) is 28.7 Å². The molecule has 0 aliphatic carbocycles. The van der Waals surface area contributed by atoms with E-state index in [2.05, 4.69) is 26.6 Å². The Kier molecular flexibility index (Phi) is 4.13. The van der Waals surface area contributed by atoms with Gasteiger partial charge in [0.05, 0.1) is 0 Å². The van der Waals surface area contributed by atoms with Crippen LogP contribution in [0.15, 0.2) is 22.7 Å². The van der Waals surface area contributed by atoms with Gasteiger partial charge in [0.25, 0.3) is 0 Å². The van der Waals surface area contributed by atoms with Crippen LogP contribution in [0.1, 0.15) is 37.7 Å². The monoisotopic (exact) mass is 336 g/mol. The number of carbonyl (C=O) groups excluding carboxylic acids is 1. The SMILES string of the molecule is Cc1cc(NC(=O)CC2CC3CCC(C2)N3)ccc1Br. The number of halogens is 1. The Bertz CT molecular complexity index is 505. The summed E-state index contributed by atoms with van der Waals surface area (Å²) in [6.07, 6.45) is 5.54. The predicted molar refractivity (Wildman–Crippen MR) is 84.8 cm³/mol. The molecule has 2 saturated heterocycles. The normalized spacial score (nSPS) is 28.4. The fourth-order valence-corrected chi connectivity index (χ4v) is 3.79. The zero-order chi connectivity index (χ0) is 14.1. The second-order valence-electron chi connectivity index (χ2n) is 6.19. The Labute approximate surface area is 128 Å². The van der Waals surface area contributed by atoms with E-state index in [1.165, 1.54) is 12.8 Å². The van der Waals surface area contributed by atoms with Gasteiger partial charge in [-0.3, -0.25) is 4.79 Å². The molecular weight excluding hydrogens is 316 g/mol. The molecule has 0 radical (unpaired) electrons. The Morgan fingerprint density at radius 1 is 1.35 bits per heavy atom. The third-order valence-electron chi connectivity index (χ3n) is 4.49. The first-order chi connectivity index (χ1) is 9.60. The molecule has 1 aromatic rings. The average Bonchev–Trinajstić information content (AvgIpc) is 2.73. The number of anilines is 1. The summed E-state index contributed by atoms with van der Waals surface area (Å²) in [7, 11) is 0. The van der Waals surface area contributed by atoms with Gasteiger partial charge < -0.3 is 10.6 Å². The van der Waals surface area contributed by atoms with E-state index in [0.717, 1.165) is 28.6 Å². The number of amides is 1. The Hall–Kier alpha value is -0.870. The number of nitrogens with one attached hydrogen (secondary N) is 2. The van der Waals surface area contributed by atoms with E-state index in [-0.39, 0.29) is 5.91 Å². The summed E-state index contributed by atoms with van der Waals surface area (Å²) in [6.45, 7) is 2.03. The molecule has 2 atom stereocenters. The second kappa shape index (κ2) is 5.86. The van der Waals surface area contributed by atoms with Gasteiger partial charge in [-0.15, -0.1) is 0 Å². The van der Waals surface area contributed by atoms with Gasteiger partial charge in [-0.25, -0.2) is 0 Å². The quantitative estimate of drug-likeness (QED) is 0.885. The van der Waals surface area contributed by atoms with Crippen LogP contribution in [0, 0.1) is 12.8 Å². The molecule has 3 rings (SSSR count). The molecular formula is C16H21BrN2O. The van der Waals surface area contributed by atoms with Crippen LogP contribution < -0.4 is 10.6 Å². The first-order valence-electron chi connectivity index (χ1n) is 7.42. The highest BCUT2D eigenvalue weighted by Crippen LogP contribution is 2.32. The van der Waals surface area contributed by atoms with E-state index in [1.54, 1.807) is 0 Å². The van der Waals surface area contributed by atoms with Crippen molar-refractivity contribution in [1.82, 2.24) is 5.32 Å². The molecule has 2 aliphatic rings. The number of rotatable bonds is 3. The summed E-state index contributed by atoms with van der Waals surface area (Å²) in [5.41, 5.74) is 2.04. The van der Waals surface area contributed by atoms with Crippen molar-refractivity contribution >= 4 is 27.5 Å². The predicted octanol–water partition coefficient (Wildman–Crippen LogP) is 3.62. The number of aryl methyl sites for hydroxylation is 1. The topological polar surface area (TPSA) is 41.1 Å². The first kappa shape index (κ1) is 14.1. The molecule has 2 N–H and O–H groups in total. The molecule has 1 amide bonds. The van der Waals surface area contributed by atoms with Crippen LogP contribution >= 0.6 is 15.9 Å². The lowest BCUT2D eigenvalue weighted by molar-refractivity contribution is -0.117. The average molecular weight is 337 g/mol. The van der Waals surface area contributed by atoms with E-state index in [0.29, 0.717) is 24.4 Å². The van der Waals surface area contributed by atoms with Crippen molar-refractivity contribution in [3.05, 3.63) is 28.2 Å². The molecule has 2 heterocycles. The molecule has 0 spiro atoms. The minimum Gasteiger partial charge on any atom is -0.326 e. The van der Waals surface area contributed by atoms with Gasteiger partial charge >= 0.3 is 0 Å². The minimum atomic E-state index is 0.151. The lowest BCUT2D eigenvalue weighted by Gasteiger charge is -2.28. The molecule has 2 fully saturated rings. The summed E-state index contributed by atoms with van der Waals surface area (Å²) in [5, 5.41) is 6.65. The van der Waals surface area contributed by atoms with Gasteiger partial charge in [-0.1, -0.05) is 15.9 Å². The van der Waals surface area contributed by atoms with Crippen LogP contribution in [0.3, 0.4) is 0 Å². The van der Waals surface area contributed by atoms with E-state index >= 15 is 0 Å². The number of carbonyl (C=O) groups is 1. The van der Waals surface area contributed by atoms with Crippen molar-refractivity contribution in [3.63, 3.8) is 0 Å². The van der Waals surface area contributed by atoms with Gasteiger partial charge in [0.2, 0.25) is 5.91 Å². The summed E-state index contributed by atoms with van der Waals surface area (Å²) in [6, 6.07) is 7.24. The summed E-state index contributed by atoms with van der Waals surface area (Å²) in [4.78, 5) is 12.2. The summed E-state index contributed by atoms with van der Waals surface area (Å²) >= 11 is 3.48. The third-order valence-corrected chi connectivity index (χ3v) is 5.38. The number of piperidine rings is 1. The molecule has 2 unspecified atom stereocenters. The standard InChI is InChI=1S/C16H21BrN2O/c1-10-6-12(4-5-15(10)17)19-16(20)9-11-7-13-2-3-14(8-11)18-13/h4-6,11,13-14,18H,2-3,7-9H2,1H3,(H,19,20). The maximum atomic E-state index is 12.2. The van der Waals surface area contributed by atoms with Crippen molar-refractivity contribution in [1.29, 1.82) is 0 Å². The molecule has 0 aromatic heterocycles. The zero-order valence-electron chi connectivity index (χ0n) is 11.8. The Morgan fingerprint density at radius 3 is 2.70 bits per heavy atom. The van der Waals surface area contributed by atoms with Crippen molar-refractivity contribution in [2.75, 3.05) is 5.32 Å². The lowest BCUT2D eigenvalue weighted by atomic mass is 9.89.